The van der Waals surface area contributed by atoms with Gasteiger partial charge in [-0.3, -0.25) is 4.79 Å². The van der Waals surface area contributed by atoms with Crippen molar-refractivity contribution >= 4 is 21.6 Å². The lowest BCUT2D eigenvalue weighted by molar-refractivity contribution is 0.102. The zero-order valence-corrected chi connectivity index (χ0v) is 14.2. The molecule has 0 spiro atoms. The van der Waals surface area contributed by atoms with E-state index in [-0.39, 0.29) is 16.4 Å². The molecule has 2 aromatic rings. The normalized spacial score (nSPS) is 13.9. The van der Waals surface area contributed by atoms with Gasteiger partial charge < -0.3 is 14.5 Å². The van der Waals surface area contributed by atoms with Crippen LogP contribution in [0.25, 0.3) is 0 Å². The van der Waals surface area contributed by atoms with Crippen LogP contribution in [0.4, 0.5) is 5.69 Å². The Morgan fingerprint density at radius 3 is 2.79 bits per heavy atom. The van der Waals surface area contributed by atoms with E-state index in [1.165, 1.54) is 13.1 Å². The van der Waals surface area contributed by atoms with Crippen LogP contribution in [0.3, 0.4) is 0 Å². The number of carbonyl (C=O) groups is 1. The second-order valence-corrected chi connectivity index (χ2v) is 7.29. The van der Waals surface area contributed by atoms with Crippen LogP contribution in [0.1, 0.15) is 28.1 Å². The number of aryl methyl sites for hydroxylation is 2. The first-order valence-corrected chi connectivity index (χ1v) is 9.00. The first-order chi connectivity index (χ1) is 11.4. The van der Waals surface area contributed by atoms with Crippen LogP contribution in [0, 0.1) is 6.92 Å². The van der Waals surface area contributed by atoms with Crippen LogP contribution < -0.4 is 14.8 Å². The predicted molar refractivity (Wildman–Crippen MR) is 87.9 cm³/mol. The van der Waals surface area contributed by atoms with Crippen molar-refractivity contribution in [1.29, 1.82) is 0 Å². The summed E-state index contributed by atoms with van der Waals surface area (Å²) in [6.45, 7) is 2.25. The number of amides is 1. The Balaban J connectivity index is 1.83. The summed E-state index contributed by atoms with van der Waals surface area (Å²) in [4.78, 5) is 12.4. The van der Waals surface area contributed by atoms with Crippen LogP contribution in [0.2, 0.25) is 0 Å². The number of fused-ring (bicyclic) bond motifs is 1. The molecule has 0 bridgehead atoms. The Hall–Kier alpha value is -2.32. The smallest absolute Gasteiger partial charge is 0.273 e. The number of rotatable bonds is 4. The molecular formula is C16H18N2O5S. The molecule has 2 N–H and O–H groups in total. The summed E-state index contributed by atoms with van der Waals surface area (Å²) in [6.07, 6.45) is 1.84. The SMILES string of the molecule is CNS(=O)(=O)c1cc(C(=O)Nc2ccc3c(c2)CCCO3)c(C)o1. The number of hydrogen-bond acceptors (Lipinski definition) is 5. The minimum atomic E-state index is -3.73. The third kappa shape index (κ3) is 3.15. The minimum absolute atomic E-state index is 0.179. The van der Waals surface area contributed by atoms with E-state index in [2.05, 4.69) is 10.0 Å². The largest absolute Gasteiger partial charge is 0.493 e. The van der Waals surface area contributed by atoms with Gasteiger partial charge in [0.1, 0.15) is 11.5 Å². The van der Waals surface area contributed by atoms with E-state index in [9.17, 15) is 13.2 Å². The molecule has 1 aromatic carbocycles. The van der Waals surface area contributed by atoms with Gasteiger partial charge in [0, 0.05) is 11.8 Å². The van der Waals surface area contributed by atoms with E-state index >= 15 is 0 Å². The molecule has 0 aliphatic carbocycles. The number of nitrogens with one attached hydrogen (secondary N) is 2. The van der Waals surface area contributed by atoms with Crippen molar-refractivity contribution in [2.45, 2.75) is 24.9 Å². The lowest BCUT2D eigenvalue weighted by Gasteiger charge is -2.18. The summed E-state index contributed by atoms with van der Waals surface area (Å²) in [5.41, 5.74) is 1.85. The summed E-state index contributed by atoms with van der Waals surface area (Å²) in [5, 5.41) is 2.48. The topological polar surface area (TPSA) is 97.6 Å². The Morgan fingerprint density at radius 1 is 1.25 bits per heavy atom. The van der Waals surface area contributed by atoms with E-state index in [4.69, 9.17) is 9.15 Å². The second-order valence-electron chi connectivity index (χ2n) is 5.47. The number of anilines is 1. The number of carbonyl (C=O) groups excluding carboxylic acids is 1. The summed E-state index contributed by atoms with van der Waals surface area (Å²) in [6, 6.07) is 6.66. The Morgan fingerprint density at radius 2 is 2.04 bits per heavy atom. The number of hydrogen-bond donors (Lipinski definition) is 2. The molecule has 8 heteroatoms. The van der Waals surface area contributed by atoms with Crippen molar-refractivity contribution in [2.24, 2.45) is 0 Å². The molecule has 3 rings (SSSR count). The average molecular weight is 350 g/mol. The highest BCUT2D eigenvalue weighted by molar-refractivity contribution is 7.89. The van der Waals surface area contributed by atoms with E-state index in [0.29, 0.717) is 12.3 Å². The summed E-state index contributed by atoms with van der Waals surface area (Å²) in [5.74, 6) is 0.647. The standard InChI is InChI=1S/C16H18N2O5S/c1-10-13(9-15(23-10)24(20,21)17-2)16(19)18-12-5-6-14-11(8-12)4-3-7-22-14/h5-6,8-9,17H,3-4,7H2,1-2H3,(H,18,19). The molecule has 1 aromatic heterocycles. The summed E-state index contributed by atoms with van der Waals surface area (Å²) >= 11 is 0. The maximum atomic E-state index is 12.4. The maximum absolute atomic E-state index is 12.4. The molecule has 128 valence electrons. The van der Waals surface area contributed by atoms with Crippen molar-refractivity contribution in [2.75, 3.05) is 19.0 Å². The average Bonchev–Trinajstić information content (AvgIpc) is 2.97. The zero-order chi connectivity index (χ0) is 17.3. The highest BCUT2D eigenvalue weighted by Crippen LogP contribution is 2.28. The molecule has 0 fully saturated rings. The van der Waals surface area contributed by atoms with Gasteiger partial charge in [-0.25, -0.2) is 13.1 Å². The predicted octanol–water partition coefficient (Wildman–Crippen LogP) is 2.07. The van der Waals surface area contributed by atoms with E-state index in [1.807, 2.05) is 12.1 Å². The molecule has 0 saturated carbocycles. The quantitative estimate of drug-likeness (QED) is 0.880. The number of furan rings is 1. The summed E-state index contributed by atoms with van der Waals surface area (Å²) < 4.78 is 36.4. The Bertz CT molecular complexity index is 886. The molecule has 7 nitrogen and oxygen atoms in total. The molecule has 0 saturated heterocycles. The molecule has 24 heavy (non-hydrogen) atoms. The van der Waals surface area contributed by atoms with Crippen molar-refractivity contribution in [3.05, 3.63) is 41.2 Å². The van der Waals surface area contributed by atoms with Gasteiger partial charge in [-0.1, -0.05) is 0 Å². The van der Waals surface area contributed by atoms with Gasteiger partial charge in [0.15, 0.2) is 0 Å². The third-order valence-corrected chi connectivity index (χ3v) is 5.11. The highest BCUT2D eigenvalue weighted by Gasteiger charge is 2.23. The monoisotopic (exact) mass is 350 g/mol. The molecule has 1 aliphatic rings. The summed E-state index contributed by atoms with van der Waals surface area (Å²) in [7, 11) is -2.45. The van der Waals surface area contributed by atoms with Crippen molar-refractivity contribution in [1.82, 2.24) is 4.72 Å². The van der Waals surface area contributed by atoms with Gasteiger partial charge in [-0.05, 0) is 50.6 Å². The van der Waals surface area contributed by atoms with Crippen molar-refractivity contribution in [3.63, 3.8) is 0 Å². The van der Waals surface area contributed by atoms with Gasteiger partial charge in [-0.15, -0.1) is 0 Å². The molecular weight excluding hydrogens is 332 g/mol. The van der Waals surface area contributed by atoms with E-state index in [0.717, 1.165) is 24.2 Å². The zero-order valence-electron chi connectivity index (χ0n) is 13.4. The van der Waals surface area contributed by atoms with Crippen LogP contribution in [0.5, 0.6) is 5.75 Å². The first kappa shape index (κ1) is 16.5. The number of benzene rings is 1. The number of ether oxygens (including phenoxy) is 1. The highest BCUT2D eigenvalue weighted by atomic mass is 32.2. The molecule has 1 aliphatic heterocycles. The fourth-order valence-corrected chi connectivity index (χ4v) is 3.26. The van der Waals surface area contributed by atoms with Crippen LogP contribution in [-0.4, -0.2) is 28.0 Å². The lowest BCUT2D eigenvalue weighted by Crippen LogP contribution is -2.18. The second kappa shape index (κ2) is 6.29. The maximum Gasteiger partial charge on any atom is 0.273 e. The van der Waals surface area contributed by atoms with E-state index in [1.54, 1.807) is 13.0 Å². The Kier molecular flexibility index (Phi) is 4.33. The fraction of sp³-hybridized carbons (Fsp3) is 0.312. The van der Waals surface area contributed by atoms with Gasteiger partial charge >= 0.3 is 0 Å². The minimum Gasteiger partial charge on any atom is -0.493 e. The molecule has 0 radical (unpaired) electrons. The molecule has 2 heterocycles. The first-order valence-electron chi connectivity index (χ1n) is 7.52. The van der Waals surface area contributed by atoms with Gasteiger partial charge in [0.2, 0.25) is 5.09 Å². The van der Waals surface area contributed by atoms with Crippen LogP contribution >= 0.6 is 0 Å². The van der Waals surface area contributed by atoms with Crippen LogP contribution in [-0.2, 0) is 16.4 Å². The van der Waals surface area contributed by atoms with Crippen LogP contribution in [0.15, 0.2) is 33.8 Å². The molecule has 0 unspecified atom stereocenters. The third-order valence-electron chi connectivity index (χ3n) is 3.84. The van der Waals surface area contributed by atoms with E-state index < -0.39 is 15.9 Å². The lowest BCUT2D eigenvalue weighted by atomic mass is 10.1. The molecule has 0 atom stereocenters. The van der Waals surface area contributed by atoms with Crippen molar-refractivity contribution < 1.29 is 22.4 Å². The van der Waals surface area contributed by atoms with Gasteiger partial charge in [-0.2, -0.15) is 0 Å². The number of sulfonamides is 1. The molecule has 1 amide bonds. The Labute approximate surface area is 140 Å². The fourth-order valence-electron chi connectivity index (χ4n) is 2.55. The van der Waals surface area contributed by atoms with Gasteiger partial charge in [0.05, 0.1) is 12.2 Å². The van der Waals surface area contributed by atoms with Crippen molar-refractivity contribution in [3.8, 4) is 5.75 Å². The van der Waals surface area contributed by atoms with Gasteiger partial charge in [0.25, 0.3) is 15.9 Å².